The first-order chi connectivity index (χ1) is 9.17. The molecule has 0 aromatic carbocycles. The maximum atomic E-state index is 11.3. The summed E-state index contributed by atoms with van der Waals surface area (Å²) in [6.07, 6.45) is 4.97. The van der Waals surface area contributed by atoms with Crippen molar-refractivity contribution in [1.82, 2.24) is 4.98 Å². The van der Waals surface area contributed by atoms with Crippen LogP contribution in [-0.2, 0) is 16.0 Å². The van der Waals surface area contributed by atoms with E-state index in [1.54, 1.807) is 11.3 Å². The molecule has 5 heteroatoms. The molecule has 1 aromatic rings. The number of esters is 1. The van der Waals surface area contributed by atoms with Gasteiger partial charge in [-0.1, -0.05) is 6.92 Å². The summed E-state index contributed by atoms with van der Waals surface area (Å²) < 4.78 is 4.91. The molecule has 1 aliphatic carbocycles. The van der Waals surface area contributed by atoms with Gasteiger partial charge in [0.1, 0.15) is 0 Å². The Bertz CT molecular complexity index is 427. The minimum absolute atomic E-state index is 0.145. The summed E-state index contributed by atoms with van der Waals surface area (Å²) in [5.74, 6) is -0.145. The van der Waals surface area contributed by atoms with Gasteiger partial charge in [0.2, 0.25) is 0 Å². The molecule has 4 nitrogen and oxygen atoms in total. The summed E-state index contributed by atoms with van der Waals surface area (Å²) in [4.78, 5) is 15.8. The third-order valence-corrected chi connectivity index (χ3v) is 4.61. The number of aromatic nitrogens is 1. The molecule has 1 heterocycles. The Morgan fingerprint density at radius 3 is 2.95 bits per heavy atom. The first-order valence-corrected chi connectivity index (χ1v) is 7.89. The summed E-state index contributed by atoms with van der Waals surface area (Å²) in [7, 11) is 0. The highest BCUT2D eigenvalue weighted by molar-refractivity contribution is 7.13. The van der Waals surface area contributed by atoms with E-state index >= 15 is 0 Å². The molecule has 1 N–H and O–H groups in total. The van der Waals surface area contributed by atoms with Gasteiger partial charge < -0.3 is 10.1 Å². The molecule has 0 aliphatic heterocycles. The third-order valence-electron chi connectivity index (χ3n) is 3.76. The van der Waals surface area contributed by atoms with Gasteiger partial charge in [-0.05, 0) is 31.6 Å². The highest BCUT2D eigenvalue weighted by Gasteiger charge is 2.40. The normalized spacial score (nSPS) is 16.1. The van der Waals surface area contributed by atoms with E-state index in [4.69, 9.17) is 4.74 Å². The van der Waals surface area contributed by atoms with Gasteiger partial charge in [-0.2, -0.15) is 0 Å². The van der Waals surface area contributed by atoms with E-state index in [-0.39, 0.29) is 5.97 Å². The lowest BCUT2D eigenvalue weighted by Gasteiger charge is -2.12. The first-order valence-electron chi connectivity index (χ1n) is 7.01. The zero-order valence-electron chi connectivity index (χ0n) is 11.7. The van der Waals surface area contributed by atoms with Gasteiger partial charge in [0, 0.05) is 18.3 Å². The lowest BCUT2D eigenvalue weighted by Crippen LogP contribution is -2.14. The van der Waals surface area contributed by atoms with Crippen molar-refractivity contribution in [3.63, 3.8) is 0 Å². The fourth-order valence-electron chi connectivity index (χ4n) is 2.06. The van der Waals surface area contributed by atoms with Crippen LogP contribution < -0.4 is 5.32 Å². The van der Waals surface area contributed by atoms with Crippen LogP contribution in [0.2, 0.25) is 0 Å². The lowest BCUT2D eigenvalue weighted by atomic mass is 10.0. The van der Waals surface area contributed by atoms with Crippen LogP contribution in [-0.4, -0.2) is 24.1 Å². The number of rotatable bonds is 8. The summed E-state index contributed by atoms with van der Waals surface area (Å²) in [5.41, 5.74) is 1.50. The quantitative estimate of drug-likeness (QED) is 0.744. The third kappa shape index (κ3) is 4.20. The zero-order valence-corrected chi connectivity index (χ0v) is 12.5. The van der Waals surface area contributed by atoms with Gasteiger partial charge in [-0.25, -0.2) is 4.98 Å². The number of nitrogens with zero attached hydrogens (tertiary/aromatic N) is 1. The van der Waals surface area contributed by atoms with Crippen molar-refractivity contribution in [3.8, 4) is 0 Å². The van der Waals surface area contributed by atoms with Crippen molar-refractivity contribution < 1.29 is 9.53 Å². The molecule has 106 valence electrons. The van der Waals surface area contributed by atoms with E-state index < -0.39 is 0 Å². The molecule has 1 aromatic heterocycles. The van der Waals surface area contributed by atoms with E-state index in [1.807, 2.05) is 12.3 Å². The number of ether oxygens (including phenoxy) is 1. The number of carbonyl (C=O) groups excluding carboxylic acids is 1. The molecule has 0 radical (unpaired) electrons. The number of hydrogen-bond donors (Lipinski definition) is 1. The Hall–Kier alpha value is -1.10. The summed E-state index contributed by atoms with van der Waals surface area (Å²) in [5, 5.41) is 6.41. The maximum absolute atomic E-state index is 11.3. The fourth-order valence-corrected chi connectivity index (χ4v) is 2.81. The predicted molar refractivity (Wildman–Crippen MR) is 77.5 cm³/mol. The number of hydrogen-bond acceptors (Lipinski definition) is 5. The molecular weight excluding hydrogens is 260 g/mol. The van der Waals surface area contributed by atoms with E-state index in [0.717, 1.165) is 17.4 Å². The number of anilines is 1. The molecule has 1 fully saturated rings. The van der Waals surface area contributed by atoms with Crippen molar-refractivity contribution in [2.75, 3.05) is 18.5 Å². The molecule has 0 saturated heterocycles. The molecule has 0 spiro atoms. The Morgan fingerprint density at radius 1 is 1.53 bits per heavy atom. The SMILES string of the molecule is CCOC(=O)CCc1csc(NCC2(CC)CC2)n1. The number of aryl methyl sites for hydroxylation is 1. The molecule has 1 saturated carbocycles. The second kappa shape index (κ2) is 6.37. The van der Waals surface area contributed by atoms with Crippen LogP contribution in [0, 0.1) is 5.41 Å². The van der Waals surface area contributed by atoms with Gasteiger partial charge >= 0.3 is 5.97 Å². The average molecular weight is 282 g/mol. The standard InChI is InChI=1S/C14H22N2O2S/c1-3-14(7-8-14)10-15-13-16-11(9-19-13)5-6-12(17)18-4-2/h9H,3-8,10H2,1-2H3,(H,15,16). The van der Waals surface area contributed by atoms with Crippen molar-refractivity contribution in [1.29, 1.82) is 0 Å². The largest absolute Gasteiger partial charge is 0.466 e. The van der Waals surface area contributed by atoms with Crippen LogP contribution in [0.3, 0.4) is 0 Å². The van der Waals surface area contributed by atoms with Crippen LogP contribution in [0.1, 0.15) is 45.2 Å². The minimum atomic E-state index is -0.145. The number of thiazole rings is 1. The predicted octanol–water partition coefficient (Wildman–Crippen LogP) is 3.24. The Balaban J connectivity index is 1.74. The van der Waals surface area contributed by atoms with Crippen molar-refractivity contribution in [2.45, 2.75) is 46.0 Å². The molecule has 0 atom stereocenters. The van der Waals surface area contributed by atoms with Crippen molar-refractivity contribution in [2.24, 2.45) is 5.41 Å². The van der Waals surface area contributed by atoms with Crippen molar-refractivity contribution in [3.05, 3.63) is 11.1 Å². The second-order valence-corrected chi connectivity index (χ2v) is 6.01. The van der Waals surface area contributed by atoms with E-state index in [2.05, 4.69) is 17.2 Å². The molecule has 0 bridgehead atoms. The smallest absolute Gasteiger partial charge is 0.306 e. The van der Waals surface area contributed by atoms with Gasteiger partial charge in [0.05, 0.1) is 18.7 Å². The van der Waals surface area contributed by atoms with Gasteiger partial charge in [-0.3, -0.25) is 4.79 Å². The van der Waals surface area contributed by atoms with Gasteiger partial charge in [-0.15, -0.1) is 11.3 Å². The van der Waals surface area contributed by atoms with E-state index in [1.165, 1.54) is 19.3 Å². The monoisotopic (exact) mass is 282 g/mol. The zero-order chi connectivity index (χ0) is 13.7. The lowest BCUT2D eigenvalue weighted by molar-refractivity contribution is -0.143. The summed E-state index contributed by atoms with van der Waals surface area (Å²) >= 11 is 1.62. The van der Waals surface area contributed by atoms with E-state index in [9.17, 15) is 4.79 Å². The minimum Gasteiger partial charge on any atom is -0.466 e. The highest BCUT2D eigenvalue weighted by Crippen LogP contribution is 2.48. The second-order valence-electron chi connectivity index (χ2n) is 5.16. The van der Waals surface area contributed by atoms with E-state index in [0.29, 0.717) is 24.9 Å². The van der Waals surface area contributed by atoms with Crippen LogP contribution >= 0.6 is 11.3 Å². The molecule has 19 heavy (non-hydrogen) atoms. The first kappa shape index (κ1) is 14.3. The maximum Gasteiger partial charge on any atom is 0.306 e. The summed E-state index contributed by atoms with van der Waals surface area (Å²) in [6, 6.07) is 0. The summed E-state index contributed by atoms with van der Waals surface area (Å²) in [6.45, 7) is 5.54. The van der Waals surface area contributed by atoms with Gasteiger partial charge in [0.25, 0.3) is 0 Å². The number of carbonyl (C=O) groups is 1. The van der Waals surface area contributed by atoms with Crippen LogP contribution in [0.4, 0.5) is 5.13 Å². The topological polar surface area (TPSA) is 51.2 Å². The average Bonchev–Trinajstić information content (AvgIpc) is 3.06. The van der Waals surface area contributed by atoms with Crippen LogP contribution in [0.5, 0.6) is 0 Å². The fraction of sp³-hybridized carbons (Fsp3) is 0.714. The van der Waals surface area contributed by atoms with Crippen molar-refractivity contribution >= 4 is 22.4 Å². The van der Waals surface area contributed by atoms with Gasteiger partial charge in [0.15, 0.2) is 5.13 Å². The molecule has 1 aliphatic rings. The molecular formula is C14H22N2O2S. The van der Waals surface area contributed by atoms with Crippen LogP contribution in [0.15, 0.2) is 5.38 Å². The Morgan fingerprint density at radius 2 is 2.32 bits per heavy atom. The molecule has 2 rings (SSSR count). The molecule has 0 unspecified atom stereocenters. The Kier molecular flexibility index (Phi) is 4.80. The number of nitrogens with one attached hydrogen (secondary N) is 1. The highest BCUT2D eigenvalue weighted by atomic mass is 32.1. The molecule has 0 amide bonds. The Labute approximate surface area is 118 Å². The van der Waals surface area contributed by atoms with Crippen LogP contribution in [0.25, 0.3) is 0 Å².